The van der Waals surface area contributed by atoms with Crippen LogP contribution in [0.25, 0.3) is 0 Å². The number of hydrogen-bond acceptors (Lipinski definition) is 5. The Morgan fingerprint density at radius 2 is 1.42 bits per heavy atom. The molecule has 45 heavy (non-hydrogen) atoms. The molecule has 4 aromatic rings. The van der Waals surface area contributed by atoms with Crippen molar-refractivity contribution in [2.45, 2.75) is 50.2 Å². The number of sulfonamides is 1. The third-order valence-electron chi connectivity index (χ3n) is 7.51. The van der Waals surface area contributed by atoms with Crippen molar-refractivity contribution in [3.63, 3.8) is 0 Å². The summed E-state index contributed by atoms with van der Waals surface area (Å²) >= 11 is 6.13. The minimum Gasteiger partial charge on any atom is -0.497 e. The molecule has 0 aliphatic heterocycles. The first-order valence-corrected chi connectivity index (χ1v) is 16.5. The minimum atomic E-state index is -4.23. The van der Waals surface area contributed by atoms with Crippen molar-refractivity contribution >= 4 is 39.1 Å². The van der Waals surface area contributed by atoms with Gasteiger partial charge in [0, 0.05) is 24.0 Å². The maximum atomic E-state index is 14.5. The van der Waals surface area contributed by atoms with Gasteiger partial charge in [-0.15, -0.1) is 0 Å². The molecule has 0 aliphatic rings. The highest BCUT2D eigenvalue weighted by Crippen LogP contribution is 2.27. The van der Waals surface area contributed by atoms with E-state index in [0.29, 0.717) is 17.2 Å². The SMILES string of the molecule is CC[C@@H](C)NC(=O)[C@H](Cc1ccccc1)N(Cc1ccccc1)C(=O)CN(c1ccc(Cl)cc1)S(=O)(=O)c1ccc(OC)cc1. The molecule has 4 aromatic carbocycles. The molecular formula is C35H38ClN3O5S. The zero-order valence-corrected chi connectivity index (χ0v) is 27.2. The first-order chi connectivity index (χ1) is 21.6. The molecule has 10 heteroatoms. The summed E-state index contributed by atoms with van der Waals surface area (Å²) in [6.07, 6.45) is 0.953. The van der Waals surface area contributed by atoms with Crippen LogP contribution in [0.1, 0.15) is 31.4 Å². The van der Waals surface area contributed by atoms with Crippen LogP contribution in [0, 0.1) is 0 Å². The molecule has 0 saturated heterocycles. The number of carbonyl (C=O) groups excluding carboxylic acids is 2. The van der Waals surface area contributed by atoms with Gasteiger partial charge in [0.15, 0.2) is 0 Å². The fourth-order valence-corrected chi connectivity index (χ4v) is 6.33. The van der Waals surface area contributed by atoms with E-state index in [0.717, 1.165) is 15.4 Å². The quantitative estimate of drug-likeness (QED) is 0.179. The van der Waals surface area contributed by atoms with E-state index in [9.17, 15) is 18.0 Å². The van der Waals surface area contributed by atoms with Crippen LogP contribution in [0.15, 0.2) is 114 Å². The van der Waals surface area contributed by atoms with Crippen LogP contribution in [0.3, 0.4) is 0 Å². The number of amides is 2. The van der Waals surface area contributed by atoms with E-state index >= 15 is 0 Å². The molecule has 0 spiro atoms. The molecule has 0 aliphatic carbocycles. The normalized spacial score (nSPS) is 12.5. The largest absolute Gasteiger partial charge is 0.497 e. The molecule has 0 saturated carbocycles. The molecule has 0 aromatic heterocycles. The highest BCUT2D eigenvalue weighted by molar-refractivity contribution is 7.92. The number of methoxy groups -OCH3 is 1. The highest BCUT2D eigenvalue weighted by atomic mass is 35.5. The fourth-order valence-electron chi connectivity index (χ4n) is 4.79. The summed E-state index contributed by atoms with van der Waals surface area (Å²) < 4.78 is 34.5. The number of hydrogen-bond donors (Lipinski definition) is 1. The first-order valence-electron chi connectivity index (χ1n) is 14.7. The molecule has 0 unspecified atom stereocenters. The average molecular weight is 648 g/mol. The Morgan fingerprint density at radius 1 is 0.844 bits per heavy atom. The van der Waals surface area contributed by atoms with E-state index in [4.69, 9.17) is 16.3 Å². The molecule has 0 fully saturated rings. The van der Waals surface area contributed by atoms with E-state index in [1.807, 2.05) is 74.5 Å². The molecule has 236 valence electrons. The Bertz CT molecular complexity index is 1650. The predicted molar refractivity (Wildman–Crippen MR) is 178 cm³/mol. The number of nitrogens with one attached hydrogen (secondary N) is 1. The van der Waals surface area contributed by atoms with Crippen molar-refractivity contribution in [1.82, 2.24) is 10.2 Å². The van der Waals surface area contributed by atoms with Gasteiger partial charge in [-0.05, 0) is 73.0 Å². The molecule has 0 radical (unpaired) electrons. The van der Waals surface area contributed by atoms with Gasteiger partial charge in [-0.3, -0.25) is 13.9 Å². The molecule has 2 amide bonds. The number of anilines is 1. The van der Waals surface area contributed by atoms with Crippen LogP contribution in [0.5, 0.6) is 5.75 Å². The van der Waals surface area contributed by atoms with Gasteiger partial charge in [0.05, 0.1) is 17.7 Å². The second-order valence-corrected chi connectivity index (χ2v) is 13.0. The van der Waals surface area contributed by atoms with Crippen LogP contribution in [-0.4, -0.2) is 50.9 Å². The highest BCUT2D eigenvalue weighted by Gasteiger charge is 2.35. The molecule has 4 rings (SSSR count). The minimum absolute atomic E-state index is 0.0176. The van der Waals surface area contributed by atoms with Crippen molar-refractivity contribution in [3.8, 4) is 5.75 Å². The number of nitrogens with zero attached hydrogens (tertiary/aromatic N) is 2. The van der Waals surface area contributed by atoms with Crippen LogP contribution >= 0.6 is 11.6 Å². The zero-order valence-electron chi connectivity index (χ0n) is 25.6. The maximum Gasteiger partial charge on any atom is 0.264 e. The van der Waals surface area contributed by atoms with Gasteiger partial charge in [-0.25, -0.2) is 8.42 Å². The monoisotopic (exact) mass is 647 g/mol. The molecule has 8 nitrogen and oxygen atoms in total. The maximum absolute atomic E-state index is 14.5. The summed E-state index contributed by atoms with van der Waals surface area (Å²) in [7, 11) is -2.74. The van der Waals surface area contributed by atoms with Crippen LogP contribution in [0.2, 0.25) is 5.02 Å². The van der Waals surface area contributed by atoms with Gasteiger partial charge in [-0.2, -0.15) is 0 Å². The topological polar surface area (TPSA) is 96.0 Å². The Morgan fingerprint density at radius 3 is 1.98 bits per heavy atom. The average Bonchev–Trinajstić information content (AvgIpc) is 3.06. The lowest BCUT2D eigenvalue weighted by Crippen LogP contribution is -2.54. The number of halogens is 1. The lowest BCUT2D eigenvalue weighted by atomic mass is 10.0. The number of benzene rings is 4. The third-order valence-corrected chi connectivity index (χ3v) is 9.55. The summed E-state index contributed by atoms with van der Waals surface area (Å²) in [4.78, 5) is 29.8. The van der Waals surface area contributed by atoms with Crippen molar-refractivity contribution in [2.75, 3.05) is 18.0 Å². The van der Waals surface area contributed by atoms with Gasteiger partial charge in [-0.1, -0.05) is 79.2 Å². The van der Waals surface area contributed by atoms with E-state index in [1.54, 1.807) is 36.4 Å². The number of rotatable bonds is 14. The van der Waals surface area contributed by atoms with E-state index < -0.39 is 28.5 Å². The van der Waals surface area contributed by atoms with Gasteiger partial charge in [0.1, 0.15) is 18.3 Å². The van der Waals surface area contributed by atoms with Gasteiger partial charge >= 0.3 is 0 Å². The number of ether oxygens (including phenoxy) is 1. The fraction of sp³-hybridized carbons (Fsp3) is 0.257. The molecule has 1 N–H and O–H groups in total. The predicted octanol–water partition coefficient (Wildman–Crippen LogP) is 6.10. The summed E-state index contributed by atoms with van der Waals surface area (Å²) in [6.45, 7) is 3.43. The lowest BCUT2D eigenvalue weighted by molar-refractivity contribution is -0.140. The Balaban J connectivity index is 1.79. The smallest absolute Gasteiger partial charge is 0.264 e. The molecule has 0 bridgehead atoms. The first kappa shape index (κ1) is 33.6. The van der Waals surface area contributed by atoms with Gasteiger partial charge in [0.2, 0.25) is 11.8 Å². The Kier molecular flexibility index (Phi) is 11.6. The van der Waals surface area contributed by atoms with Crippen molar-refractivity contribution < 1.29 is 22.7 Å². The molecular weight excluding hydrogens is 610 g/mol. The Hall–Kier alpha value is -4.34. The Labute approximate surface area is 270 Å². The summed E-state index contributed by atoms with van der Waals surface area (Å²) in [6, 6.07) is 30.0. The molecule has 0 heterocycles. The summed E-state index contributed by atoms with van der Waals surface area (Å²) in [5, 5.41) is 3.46. The second kappa shape index (κ2) is 15.6. The van der Waals surface area contributed by atoms with Crippen molar-refractivity contribution in [1.29, 1.82) is 0 Å². The number of carbonyl (C=O) groups is 2. The van der Waals surface area contributed by atoms with Crippen LogP contribution in [0.4, 0.5) is 5.69 Å². The van der Waals surface area contributed by atoms with Gasteiger partial charge in [0.25, 0.3) is 10.0 Å². The van der Waals surface area contributed by atoms with E-state index in [-0.39, 0.29) is 35.5 Å². The van der Waals surface area contributed by atoms with Crippen LogP contribution < -0.4 is 14.4 Å². The van der Waals surface area contributed by atoms with Crippen LogP contribution in [-0.2, 0) is 32.6 Å². The summed E-state index contributed by atoms with van der Waals surface area (Å²) in [5.74, 6) is -0.354. The third kappa shape index (κ3) is 8.86. The van der Waals surface area contributed by atoms with E-state index in [2.05, 4.69) is 5.32 Å². The molecule has 2 atom stereocenters. The second-order valence-electron chi connectivity index (χ2n) is 10.7. The van der Waals surface area contributed by atoms with Crippen molar-refractivity contribution in [2.24, 2.45) is 0 Å². The van der Waals surface area contributed by atoms with Crippen molar-refractivity contribution in [3.05, 3.63) is 125 Å². The lowest BCUT2D eigenvalue weighted by Gasteiger charge is -2.34. The zero-order chi connectivity index (χ0) is 32.4. The summed E-state index contributed by atoms with van der Waals surface area (Å²) in [5.41, 5.74) is 1.93. The van der Waals surface area contributed by atoms with Gasteiger partial charge < -0.3 is 15.0 Å². The van der Waals surface area contributed by atoms with E-state index in [1.165, 1.54) is 24.1 Å². The standard InChI is InChI=1S/C35H38ClN3O5S/c1-4-26(2)37-35(41)33(23-27-11-7-5-8-12-27)38(24-28-13-9-6-10-14-28)34(40)25-39(30-17-15-29(36)16-18-30)45(42,43)32-21-19-31(44-3)20-22-32/h5-22,26,33H,4,23-25H2,1-3H3,(H,37,41)/t26-,33+/m1/s1.